The second-order valence-corrected chi connectivity index (χ2v) is 4.79. The summed E-state index contributed by atoms with van der Waals surface area (Å²) < 4.78 is 37.9. The second-order valence-electron chi connectivity index (χ2n) is 4.79. The van der Waals surface area contributed by atoms with Crippen molar-refractivity contribution in [1.29, 1.82) is 0 Å². The molecule has 1 aromatic rings. The van der Waals surface area contributed by atoms with Gasteiger partial charge in [0, 0.05) is 6.04 Å². The molecule has 0 amide bonds. The maximum Gasteiger partial charge on any atom is 0.416 e. The van der Waals surface area contributed by atoms with Crippen molar-refractivity contribution in [3.8, 4) is 0 Å². The van der Waals surface area contributed by atoms with E-state index in [9.17, 15) is 13.2 Å². The van der Waals surface area contributed by atoms with Crippen LogP contribution in [0.25, 0.3) is 0 Å². The summed E-state index contributed by atoms with van der Waals surface area (Å²) in [5.74, 6) is 0. The molecule has 1 N–H and O–H groups in total. The highest BCUT2D eigenvalue weighted by atomic mass is 19.4. The van der Waals surface area contributed by atoms with E-state index in [2.05, 4.69) is 12.2 Å². The van der Waals surface area contributed by atoms with Gasteiger partial charge in [0.2, 0.25) is 0 Å². The fourth-order valence-electron chi connectivity index (χ4n) is 1.93. The van der Waals surface area contributed by atoms with Gasteiger partial charge in [-0.05, 0) is 57.9 Å². The molecule has 1 rings (SSSR count). The van der Waals surface area contributed by atoms with Crippen LogP contribution in [0.4, 0.5) is 13.2 Å². The molecule has 0 aromatic heterocycles. The van der Waals surface area contributed by atoms with E-state index in [4.69, 9.17) is 0 Å². The third-order valence-electron chi connectivity index (χ3n) is 3.06. The highest BCUT2D eigenvalue weighted by Gasteiger charge is 2.30. The van der Waals surface area contributed by atoms with Gasteiger partial charge < -0.3 is 5.32 Å². The summed E-state index contributed by atoms with van der Waals surface area (Å²) in [6.07, 6.45) is -1.70. The molecule has 18 heavy (non-hydrogen) atoms. The van der Waals surface area contributed by atoms with Crippen LogP contribution in [-0.2, 0) is 12.6 Å². The molecule has 1 atom stereocenters. The first kappa shape index (κ1) is 15.0. The zero-order valence-electron chi connectivity index (χ0n) is 11.1. The van der Waals surface area contributed by atoms with Crippen molar-refractivity contribution < 1.29 is 13.2 Å². The minimum Gasteiger partial charge on any atom is -0.317 e. The highest BCUT2D eigenvalue weighted by molar-refractivity contribution is 5.31. The Bertz CT molecular complexity index is 385. The Morgan fingerprint density at radius 2 is 1.89 bits per heavy atom. The molecule has 0 saturated carbocycles. The van der Waals surface area contributed by atoms with Crippen molar-refractivity contribution in [1.82, 2.24) is 5.32 Å². The number of halogens is 3. The van der Waals surface area contributed by atoms with Gasteiger partial charge in [-0.3, -0.25) is 0 Å². The Labute approximate surface area is 106 Å². The summed E-state index contributed by atoms with van der Waals surface area (Å²) in [6, 6.07) is 4.69. The summed E-state index contributed by atoms with van der Waals surface area (Å²) >= 11 is 0. The minimum atomic E-state index is -4.25. The summed E-state index contributed by atoms with van der Waals surface area (Å²) in [7, 11) is 1.89. The first-order chi connectivity index (χ1) is 8.32. The summed E-state index contributed by atoms with van der Waals surface area (Å²) in [4.78, 5) is 0. The lowest BCUT2D eigenvalue weighted by Crippen LogP contribution is -2.20. The lowest BCUT2D eigenvalue weighted by Gasteiger charge is -2.12. The van der Waals surface area contributed by atoms with Crippen LogP contribution in [0.2, 0.25) is 0 Å². The van der Waals surface area contributed by atoms with E-state index < -0.39 is 11.7 Å². The van der Waals surface area contributed by atoms with Gasteiger partial charge in [0.25, 0.3) is 0 Å². The van der Waals surface area contributed by atoms with Crippen LogP contribution in [0, 0.1) is 6.92 Å². The molecule has 1 aromatic carbocycles. The SMILES string of the molecule is CN[C@@H](C)CCCc1cc(C)cc(C(F)(F)F)c1. The molecule has 0 radical (unpaired) electrons. The number of hydrogen-bond acceptors (Lipinski definition) is 1. The summed E-state index contributed by atoms with van der Waals surface area (Å²) in [6.45, 7) is 3.77. The molecular weight excluding hydrogens is 239 g/mol. The van der Waals surface area contributed by atoms with Gasteiger partial charge in [0.15, 0.2) is 0 Å². The number of benzene rings is 1. The van der Waals surface area contributed by atoms with E-state index >= 15 is 0 Å². The average molecular weight is 259 g/mol. The predicted octanol–water partition coefficient (Wildman–Crippen LogP) is 3.94. The molecule has 1 nitrogen and oxygen atoms in total. The standard InChI is InChI=1S/C14H20F3N/c1-10-7-12(6-4-5-11(2)18-3)9-13(8-10)14(15,16)17/h7-9,11,18H,4-6H2,1-3H3/t11-/m0/s1. The van der Waals surface area contributed by atoms with E-state index in [0.717, 1.165) is 18.4 Å². The Kier molecular flexibility index (Phi) is 5.20. The van der Waals surface area contributed by atoms with Crippen LogP contribution in [0.5, 0.6) is 0 Å². The van der Waals surface area contributed by atoms with Crippen LogP contribution < -0.4 is 5.32 Å². The van der Waals surface area contributed by atoms with E-state index in [0.29, 0.717) is 18.0 Å². The largest absolute Gasteiger partial charge is 0.416 e. The van der Waals surface area contributed by atoms with Crippen molar-refractivity contribution in [2.24, 2.45) is 0 Å². The van der Waals surface area contributed by atoms with Gasteiger partial charge in [0.05, 0.1) is 5.56 Å². The van der Waals surface area contributed by atoms with Gasteiger partial charge in [0.1, 0.15) is 0 Å². The highest BCUT2D eigenvalue weighted by Crippen LogP contribution is 2.30. The quantitative estimate of drug-likeness (QED) is 0.844. The third kappa shape index (κ3) is 4.69. The molecular formula is C14H20F3N. The van der Waals surface area contributed by atoms with Gasteiger partial charge in [-0.25, -0.2) is 0 Å². The predicted molar refractivity (Wildman–Crippen MR) is 67.6 cm³/mol. The Hall–Kier alpha value is -1.03. The summed E-state index contributed by atoms with van der Waals surface area (Å²) in [5.41, 5.74) is 0.895. The molecule has 0 bridgehead atoms. The fraction of sp³-hybridized carbons (Fsp3) is 0.571. The topological polar surface area (TPSA) is 12.0 Å². The lowest BCUT2D eigenvalue weighted by molar-refractivity contribution is -0.137. The van der Waals surface area contributed by atoms with Gasteiger partial charge in [-0.15, -0.1) is 0 Å². The van der Waals surface area contributed by atoms with Gasteiger partial charge in [-0.2, -0.15) is 13.2 Å². The first-order valence-corrected chi connectivity index (χ1v) is 6.18. The molecule has 0 aliphatic carbocycles. The molecule has 0 unspecified atom stereocenters. The Morgan fingerprint density at radius 3 is 2.44 bits per heavy atom. The number of alkyl halides is 3. The van der Waals surface area contributed by atoms with E-state index in [-0.39, 0.29) is 0 Å². The zero-order chi connectivity index (χ0) is 13.8. The van der Waals surface area contributed by atoms with Crippen molar-refractivity contribution in [2.45, 2.75) is 45.3 Å². The first-order valence-electron chi connectivity index (χ1n) is 6.18. The van der Waals surface area contributed by atoms with Crippen molar-refractivity contribution in [3.63, 3.8) is 0 Å². The molecule has 0 heterocycles. The molecule has 0 aliphatic rings. The Balaban J connectivity index is 2.69. The lowest BCUT2D eigenvalue weighted by atomic mass is 10.0. The van der Waals surface area contributed by atoms with Gasteiger partial charge in [-0.1, -0.05) is 11.6 Å². The second kappa shape index (κ2) is 6.23. The van der Waals surface area contributed by atoms with E-state index in [1.165, 1.54) is 12.1 Å². The Morgan fingerprint density at radius 1 is 1.22 bits per heavy atom. The molecule has 0 spiro atoms. The molecule has 4 heteroatoms. The number of hydrogen-bond donors (Lipinski definition) is 1. The van der Waals surface area contributed by atoms with Crippen LogP contribution >= 0.6 is 0 Å². The molecule has 0 saturated heterocycles. The van der Waals surface area contributed by atoms with Gasteiger partial charge >= 0.3 is 6.18 Å². The molecule has 0 aliphatic heterocycles. The molecule has 0 fully saturated rings. The van der Waals surface area contributed by atoms with Crippen molar-refractivity contribution in [3.05, 3.63) is 34.9 Å². The van der Waals surface area contributed by atoms with Crippen LogP contribution in [0.3, 0.4) is 0 Å². The van der Waals surface area contributed by atoms with Crippen LogP contribution in [0.15, 0.2) is 18.2 Å². The van der Waals surface area contributed by atoms with Crippen molar-refractivity contribution in [2.75, 3.05) is 7.05 Å². The number of rotatable bonds is 5. The fourth-order valence-corrected chi connectivity index (χ4v) is 1.93. The van der Waals surface area contributed by atoms with Crippen LogP contribution in [-0.4, -0.2) is 13.1 Å². The smallest absolute Gasteiger partial charge is 0.317 e. The third-order valence-corrected chi connectivity index (χ3v) is 3.06. The maximum absolute atomic E-state index is 12.6. The summed E-state index contributed by atoms with van der Waals surface area (Å²) in [5, 5.41) is 3.12. The maximum atomic E-state index is 12.6. The minimum absolute atomic E-state index is 0.400. The average Bonchev–Trinajstić information content (AvgIpc) is 2.27. The number of aryl methyl sites for hydroxylation is 2. The van der Waals surface area contributed by atoms with Crippen molar-refractivity contribution >= 4 is 0 Å². The van der Waals surface area contributed by atoms with Crippen LogP contribution in [0.1, 0.15) is 36.5 Å². The normalized spacial score (nSPS) is 13.7. The monoisotopic (exact) mass is 259 g/mol. The molecule has 102 valence electrons. The number of nitrogens with one attached hydrogen (secondary N) is 1. The zero-order valence-corrected chi connectivity index (χ0v) is 11.1. The van der Waals surface area contributed by atoms with E-state index in [1.807, 2.05) is 13.1 Å². The van der Waals surface area contributed by atoms with E-state index in [1.54, 1.807) is 6.92 Å².